The summed E-state index contributed by atoms with van der Waals surface area (Å²) in [6.07, 6.45) is 2.14. The molecule has 1 aromatic carbocycles. The lowest BCUT2D eigenvalue weighted by atomic mass is 9.78. The van der Waals surface area contributed by atoms with Gasteiger partial charge in [-0.15, -0.1) is 0 Å². The molecular weight excluding hydrogens is 294 g/mol. The van der Waals surface area contributed by atoms with Gasteiger partial charge in [-0.25, -0.2) is 0 Å². The van der Waals surface area contributed by atoms with Crippen molar-refractivity contribution in [1.82, 2.24) is 5.32 Å². The van der Waals surface area contributed by atoms with E-state index in [0.29, 0.717) is 31.2 Å². The minimum Gasteiger partial charge on any atom is -0.469 e. The number of hydrogen-bond acceptors (Lipinski definition) is 4. The van der Waals surface area contributed by atoms with Gasteiger partial charge in [0.1, 0.15) is 0 Å². The van der Waals surface area contributed by atoms with Crippen molar-refractivity contribution < 1.29 is 19.4 Å². The molecule has 126 valence electrons. The Labute approximate surface area is 137 Å². The van der Waals surface area contributed by atoms with Crippen LogP contribution >= 0.6 is 0 Å². The van der Waals surface area contributed by atoms with Crippen LogP contribution in [-0.2, 0) is 9.53 Å². The standard InChI is InChI=1S/C18H25NO4/c1-12-4-5-15(10-13(12)2)16(20)19-11-18(22)8-6-14(7-9-18)17(21)23-3/h4-5,10,14,22H,6-9,11H2,1-3H3,(H,19,20). The fourth-order valence-electron chi connectivity index (χ4n) is 2.96. The Morgan fingerprint density at radius 1 is 1.26 bits per heavy atom. The van der Waals surface area contributed by atoms with Gasteiger partial charge in [-0.1, -0.05) is 6.07 Å². The van der Waals surface area contributed by atoms with Crippen LogP contribution < -0.4 is 5.32 Å². The van der Waals surface area contributed by atoms with E-state index in [-0.39, 0.29) is 24.3 Å². The molecule has 1 aliphatic carbocycles. The van der Waals surface area contributed by atoms with Crippen LogP contribution in [0.3, 0.4) is 0 Å². The third-order valence-corrected chi connectivity index (χ3v) is 4.80. The first-order valence-corrected chi connectivity index (χ1v) is 8.00. The Balaban J connectivity index is 1.89. The fourth-order valence-corrected chi connectivity index (χ4v) is 2.96. The Kier molecular flexibility index (Phi) is 5.42. The van der Waals surface area contributed by atoms with Crippen LogP contribution in [0.4, 0.5) is 0 Å². The predicted octanol–water partition coefficient (Wildman–Crippen LogP) is 2.13. The highest BCUT2D eigenvalue weighted by molar-refractivity contribution is 5.94. The molecule has 0 atom stereocenters. The zero-order chi connectivity index (χ0) is 17.0. The average molecular weight is 319 g/mol. The summed E-state index contributed by atoms with van der Waals surface area (Å²) in [5, 5.41) is 13.4. The van der Waals surface area contributed by atoms with Gasteiger partial charge in [0.2, 0.25) is 0 Å². The molecule has 2 rings (SSSR count). The number of methoxy groups -OCH3 is 1. The van der Waals surface area contributed by atoms with E-state index in [2.05, 4.69) is 5.32 Å². The van der Waals surface area contributed by atoms with Crippen molar-refractivity contribution in [2.24, 2.45) is 5.92 Å². The molecule has 0 spiro atoms. The molecule has 1 saturated carbocycles. The Morgan fingerprint density at radius 2 is 1.91 bits per heavy atom. The lowest BCUT2D eigenvalue weighted by Crippen LogP contribution is -2.46. The van der Waals surface area contributed by atoms with Crippen LogP contribution in [0.2, 0.25) is 0 Å². The Morgan fingerprint density at radius 3 is 2.48 bits per heavy atom. The lowest BCUT2D eigenvalue weighted by Gasteiger charge is -2.35. The highest BCUT2D eigenvalue weighted by Gasteiger charge is 2.36. The second kappa shape index (κ2) is 7.13. The fraction of sp³-hybridized carbons (Fsp3) is 0.556. The number of benzene rings is 1. The molecule has 0 unspecified atom stereocenters. The van der Waals surface area contributed by atoms with Gasteiger partial charge in [0.05, 0.1) is 18.6 Å². The first-order valence-electron chi connectivity index (χ1n) is 8.00. The summed E-state index contributed by atoms with van der Waals surface area (Å²) >= 11 is 0. The molecule has 0 aliphatic heterocycles. The highest BCUT2D eigenvalue weighted by atomic mass is 16.5. The number of esters is 1. The SMILES string of the molecule is COC(=O)C1CCC(O)(CNC(=O)c2ccc(C)c(C)c2)CC1. The van der Waals surface area contributed by atoms with E-state index in [1.165, 1.54) is 7.11 Å². The number of rotatable bonds is 4. The largest absolute Gasteiger partial charge is 0.469 e. The van der Waals surface area contributed by atoms with Crippen molar-refractivity contribution >= 4 is 11.9 Å². The predicted molar refractivity (Wildman–Crippen MR) is 87.2 cm³/mol. The summed E-state index contributed by atoms with van der Waals surface area (Å²) in [6, 6.07) is 5.55. The molecule has 23 heavy (non-hydrogen) atoms. The number of aryl methyl sites for hydroxylation is 2. The molecule has 0 saturated heterocycles. The number of nitrogens with one attached hydrogen (secondary N) is 1. The summed E-state index contributed by atoms with van der Waals surface area (Å²) in [5.74, 6) is -0.543. The molecule has 0 aromatic heterocycles. The van der Waals surface area contributed by atoms with E-state index in [9.17, 15) is 14.7 Å². The molecule has 0 radical (unpaired) electrons. The van der Waals surface area contributed by atoms with Gasteiger partial charge >= 0.3 is 5.97 Å². The highest BCUT2D eigenvalue weighted by Crippen LogP contribution is 2.32. The lowest BCUT2D eigenvalue weighted by molar-refractivity contribution is -0.148. The number of amides is 1. The van der Waals surface area contributed by atoms with E-state index >= 15 is 0 Å². The summed E-state index contributed by atoms with van der Waals surface area (Å²) < 4.78 is 4.74. The number of aliphatic hydroxyl groups is 1. The smallest absolute Gasteiger partial charge is 0.308 e. The van der Waals surface area contributed by atoms with Crippen LogP contribution in [0.25, 0.3) is 0 Å². The van der Waals surface area contributed by atoms with Crippen LogP contribution in [0.15, 0.2) is 18.2 Å². The number of hydrogen-bond donors (Lipinski definition) is 2. The van der Waals surface area contributed by atoms with Gasteiger partial charge in [-0.3, -0.25) is 9.59 Å². The van der Waals surface area contributed by atoms with E-state index < -0.39 is 5.60 Å². The maximum Gasteiger partial charge on any atom is 0.308 e. The third kappa shape index (κ3) is 4.32. The molecule has 0 bridgehead atoms. The van der Waals surface area contributed by atoms with Crippen molar-refractivity contribution in [3.8, 4) is 0 Å². The minimum absolute atomic E-state index is 0.143. The Hall–Kier alpha value is -1.88. The summed E-state index contributed by atoms with van der Waals surface area (Å²) in [5.41, 5.74) is 1.86. The first kappa shape index (κ1) is 17.5. The van der Waals surface area contributed by atoms with Crippen LogP contribution in [0.1, 0.15) is 47.2 Å². The molecule has 1 fully saturated rings. The van der Waals surface area contributed by atoms with Crippen LogP contribution in [0, 0.1) is 19.8 Å². The molecule has 5 nitrogen and oxygen atoms in total. The second-order valence-electron chi connectivity index (χ2n) is 6.50. The average Bonchev–Trinajstić information content (AvgIpc) is 2.55. The van der Waals surface area contributed by atoms with E-state index in [4.69, 9.17) is 4.74 Å². The first-order chi connectivity index (χ1) is 10.8. The normalized spacial score (nSPS) is 24.1. The Bertz CT molecular complexity index is 589. The van der Waals surface area contributed by atoms with E-state index in [1.54, 1.807) is 6.07 Å². The number of carbonyl (C=O) groups excluding carboxylic acids is 2. The molecular formula is C18H25NO4. The van der Waals surface area contributed by atoms with Gasteiger partial charge in [-0.2, -0.15) is 0 Å². The topological polar surface area (TPSA) is 75.6 Å². The number of carbonyl (C=O) groups is 2. The van der Waals surface area contributed by atoms with Gasteiger partial charge in [0.15, 0.2) is 0 Å². The molecule has 1 amide bonds. The van der Waals surface area contributed by atoms with Gasteiger partial charge < -0.3 is 15.2 Å². The second-order valence-corrected chi connectivity index (χ2v) is 6.50. The zero-order valence-electron chi connectivity index (χ0n) is 14.0. The molecule has 1 aromatic rings. The molecule has 5 heteroatoms. The third-order valence-electron chi connectivity index (χ3n) is 4.80. The quantitative estimate of drug-likeness (QED) is 0.834. The van der Waals surface area contributed by atoms with Crippen molar-refractivity contribution in [2.75, 3.05) is 13.7 Å². The zero-order valence-corrected chi connectivity index (χ0v) is 14.0. The molecule has 1 aliphatic rings. The minimum atomic E-state index is -0.945. The van der Waals surface area contributed by atoms with Crippen LogP contribution in [-0.4, -0.2) is 36.2 Å². The van der Waals surface area contributed by atoms with E-state index in [0.717, 1.165) is 11.1 Å². The summed E-state index contributed by atoms with van der Waals surface area (Å²) in [4.78, 5) is 23.7. The van der Waals surface area contributed by atoms with Crippen molar-refractivity contribution in [3.05, 3.63) is 34.9 Å². The van der Waals surface area contributed by atoms with Crippen molar-refractivity contribution in [1.29, 1.82) is 0 Å². The molecule has 0 heterocycles. The van der Waals surface area contributed by atoms with Gasteiger partial charge in [0, 0.05) is 12.1 Å². The molecule has 2 N–H and O–H groups in total. The van der Waals surface area contributed by atoms with Crippen molar-refractivity contribution in [2.45, 2.75) is 45.1 Å². The summed E-state index contributed by atoms with van der Waals surface area (Å²) in [6.45, 7) is 4.17. The van der Waals surface area contributed by atoms with Crippen LogP contribution in [0.5, 0.6) is 0 Å². The number of ether oxygens (including phenoxy) is 1. The van der Waals surface area contributed by atoms with Crippen molar-refractivity contribution in [3.63, 3.8) is 0 Å². The van der Waals surface area contributed by atoms with E-state index in [1.807, 2.05) is 26.0 Å². The van der Waals surface area contributed by atoms with Gasteiger partial charge in [-0.05, 0) is 62.8 Å². The van der Waals surface area contributed by atoms with Gasteiger partial charge in [0.25, 0.3) is 5.91 Å². The maximum absolute atomic E-state index is 12.2. The maximum atomic E-state index is 12.2. The summed E-state index contributed by atoms with van der Waals surface area (Å²) in [7, 11) is 1.38. The monoisotopic (exact) mass is 319 g/mol.